The van der Waals surface area contributed by atoms with Gasteiger partial charge < -0.3 is 20.9 Å². The molecule has 0 spiro atoms. The van der Waals surface area contributed by atoms with Crippen LogP contribution in [0.2, 0.25) is 0 Å². The minimum atomic E-state index is -0.495. The maximum absolute atomic E-state index is 12.0. The van der Waals surface area contributed by atoms with E-state index in [4.69, 9.17) is 5.73 Å². The summed E-state index contributed by atoms with van der Waals surface area (Å²) in [5.41, 5.74) is 6.60. The molecule has 6 nitrogen and oxygen atoms in total. The fraction of sp³-hybridized carbons (Fsp3) is 0.0667. The van der Waals surface area contributed by atoms with Crippen molar-refractivity contribution < 1.29 is 19.4 Å². The largest absolute Gasteiger partial charge is 0.505 e. The number of para-hydroxylation sites is 1. The molecule has 2 rings (SSSR count). The molecule has 108 valence electrons. The Hall–Kier alpha value is -3.02. The molecule has 2 aromatic carbocycles. The van der Waals surface area contributed by atoms with Crippen molar-refractivity contribution in [1.82, 2.24) is 0 Å². The highest BCUT2D eigenvalue weighted by atomic mass is 16.5. The molecule has 0 saturated heterocycles. The molecule has 2 aromatic rings. The molecule has 0 fully saturated rings. The quantitative estimate of drug-likeness (QED) is 0.455. The molecule has 0 unspecified atom stereocenters. The molecule has 0 bridgehead atoms. The molecule has 0 heterocycles. The number of hydrogen-bond acceptors (Lipinski definition) is 5. The van der Waals surface area contributed by atoms with Gasteiger partial charge in [-0.3, -0.25) is 4.79 Å². The number of nitrogen functional groups attached to an aromatic ring is 1. The normalized spacial score (nSPS) is 9.95. The number of nitrogens with one attached hydrogen (secondary N) is 1. The predicted molar refractivity (Wildman–Crippen MR) is 78.3 cm³/mol. The van der Waals surface area contributed by atoms with E-state index in [-0.39, 0.29) is 17.0 Å². The summed E-state index contributed by atoms with van der Waals surface area (Å²) in [6.07, 6.45) is 0. The SMILES string of the molecule is COC(=O)c1ccc(NC(=O)c2cccc(N)c2O)cc1. The van der Waals surface area contributed by atoms with Crippen LogP contribution in [-0.2, 0) is 4.74 Å². The van der Waals surface area contributed by atoms with Crippen molar-refractivity contribution >= 4 is 23.3 Å². The second-order valence-corrected chi connectivity index (χ2v) is 4.27. The summed E-state index contributed by atoms with van der Waals surface area (Å²) in [6.45, 7) is 0. The van der Waals surface area contributed by atoms with Crippen molar-refractivity contribution in [3.8, 4) is 5.75 Å². The lowest BCUT2D eigenvalue weighted by molar-refractivity contribution is 0.0600. The van der Waals surface area contributed by atoms with E-state index in [1.165, 1.54) is 31.4 Å². The number of rotatable bonds is 3. The first-order chi connectivity index (χ1) is 10.0. The Labute approximate surface area is 121 Å². The van der Waals surface area contributed by atoms with Crippen LogP contribution in [0.4, 0.5) is 11.4 Å². The van der Waals surface area contributed by atoms with Crippen molar-refractivity contribution in [2.45, 2.75) is 0 Å². The van der Waals surface area contributed by atoms with E-state index in [0.29, 0.717) is 11.3 Å². The topological polar surface area (TPSA) is 102 Å². The van der Waals surface area contributed by atoms with Gasteiger partial charge in [-0.1, -0.05) is 6.07 Å². The number of methoxy groups -OCH3 is 1. The van der Waals surface area contributed by atoms with Crippen LogP contribution in [0.15, 0.2) is 42.5 Å². The van der Waals surface area contributed by atoms with Gasteiger partial charge in [-0.25, -0.2) is 4.79 Å². The number of aromatic hydroxyl groups is 1. The zero-order chi connectivity index (χ0) is 15.4. The first kappa shape index (κ1) is 14.4. The number of phenolic OH excluding ortho intramolecular Hbond substituents is 1. The van der Waals surface area contributed by atoms with Gasteiger partial charge in [0.05, 0.1) is 23.9 Å². The monoisotopic (exact) mass is 286 g/mol. The number of phenols is 1. The smallest absolute Gasteiger partial charge is 0.337 e. The second kappa shape index (κ2) is 5.96. The van der Waals surface area contributed by atoms with Crippen LogP contribution in [0, 0.1) is 0 Å². The van der Waals surface area contributed by atoms with E-state index < -0.39 is 11.9 Å². The van der Waals surface area contributed by atoms with Crippen LogP contribution in [0.25, 0.3) is 0 Å². The number of benzene rings is 2. The zero-order valence-electron chi connectivity index (χ0n) is 11.3. The number of amides is 1. The molecule has 0 aliphatic carbocycles. The Morgan fingerprint density at radius 2 is 1.81 bits per heavy atom. The lowest BCUT2D eigenvalue weighted by atomic mass is 10.1. The third-order valence-corrected chi connectivity index (χ3v) is 2.88. The van der Waals surface area contributed by atoms with Crippen LogP contribution >= 0.6 is 0 Å². The van der Waals surface area contributed by atoms with Gasteiger partial charge in [0, 0.05) is 5.69 Å². The molecule has 0 aliphatic rings. The van der Waals surface area contributed by atoms with Crippen molar-refractivity contribution in [1.29, 1.82) is 0 Å². The number of anilines is 2. The molecule has 0 saturated carbocycles. The number of ether oxygens (including phenoxy) is 1. The van der Waals surface area contributed by atoms with Crippen LogP contribution in [0.1, 0.15) is 20.7 Å². The Balaban J connectivity index is 2.16. The molecule has 1 amide bonds. The maximum Gasteiger partial charge on any atom is 0.337 e. The number of carbonyl (C=O) groups excluding carboxylic acids is 2. The summed E-state index contributed by atoms with van der Waals surface area (Å²) >= 11 is 0. The highest BCUT2D eigenvalue weighted by Crippen LogP contribution is 2.25. The first-order valence-corrected chi connectivity index (χ1v) is 6.10. The zero-order valence-corrected chi connectivity index (χ0v) is 11.3. The fourth-order valence-corrected chi connectivity index (χ4v) is 1.75. The van der Waals surface area contributed by atoms with Gasteiger partial charge in [-0.15, -0.1) is 0 Å². The fourth-order valence-electron chi connectivity index (χ4n) is 1.75. The summed E-state index contributed by atoms with van der Waals surface area (Å²) in [4.78, 5) is 23.3. The number of nitrogens with two attached hydrogens (primary N) is 1. The van der Waals surface area contributed by atoms with E-state index in [0.717, 1.165) is 0 Å². The van der Waals surface area contributed by atoms with Gasteiger partial charge >= 0.3 is 5.97 Å². The summed E-state index contributed by atoms with van der Waals surface area (Å²) in [5.74, 6) is -1.21. The van der Waals surface area contributed by atoms with Crippen LogP contribution in [0.3, 0.4) is 0 Å². The van der Waals surface area contributed by atoms with Crippen LogP contribution in [-0.4, -0.2) is 24.1 Å². The molecule has 0 atom stereocenters. The summed E-state index contributed by atoms with van der Waals surface area (Å²) < 4.78 is 4.58. The van der Waals surface area contributed by atoms with Crippen molar-refractivity contribution in [3.05, 3.63) is 53.6 Å². The first-order valence-electron chi connectivity index (χ1n) is 6.10. The molecule has 0 aromatic heterocycles. The number of carbonyl (C=O) groups is 2. The Kier molecular flexibility index (Phi) is 4.08. The number of hydrogen-bond donors (Lipinski definition) is 3. The molecule has 0 aliphatic heterocycles. The third kappa shape index (κ3) is 3.11. The van der Waals surface area contributed by atoms with E-state index in [1.807, 2.05) is 0 Å². The Morgan fingerprint density at radius 3 is 2.43 bits per heavy atom. The maximum atomic E-state index is 12.0. The molecule has 21 heavy (non-hydrogen) atoms. The molecular formula is C15H14N2O4. The van der Waals surface area contributed by atoms with Gasteiger partial charge in [0.15, 0.2) is 5.75 Å². The van der Waals surface area contributed by atoms with Crippen molar-refractivity contribution in [3.63, 3.8) is 0 Å². The van der Waals surface area contributed by atoms with Gasteiger partial charge in [0.2, 0.25) is 0 Å². The van der Waals surface area contributed by atoms with Crippen molar-refractivity contribution in [2.75, 3.05) is 18.2 Å². The predicted octanol–water partition coefficient (Wildman–Crippen LogP) is 2.01. The minimum absolute atomic E-state index is 0.0760. The van der Waals surface area contributed by atoms with E-state index in [1.54, 1.807) is 18.2 Å². The van der Waals surface area contributed by atoms with Gasteiger partial charge in [-0.2, -0.15) is 0 Å². The van der Waals surface area contributed by atoms with Gasteiger partial charge in [0.1, 0.15) is 0 Å². The summed E-state index contributed by atoms with van der Waals surface area (Å²) in [7, 11) is 1.29. The standard InChI is InChI=1S/C15H14N2O4/c1-21-15(20)9-5-7-10(8-6-9)17-14(19)11-3-2-4-12(16)13(11)18/h2-8,18H,16H2,1H3,(H,17,19). The number of esters is 1. The average Bonchev–Trinajstić information content (AvgIpc) is 2.50. The van der Waals surface area contributed by atoms with E-state index in [9.17, 15) is 14.7 Å². The average molecular weight is 286 g/mol. The van der Waals surface area contributed by atoms with Crippen LogP contribution < -0.4 is 11.1 Å². The van der Waals surface area contributed by atoms with Gasteiger partial charge in [-0.05, 0) is 36.4 Å². The molecule has 4 N–H and O–H groups in total. The van der Waals surface area contributed by atoms with E-state index in [2.05, 4.69) is 10.1 Å². The molecule has 0 radical (unpaired) electrons. The molecule has 6 heteroatoms. The summed E-state index contributed by atoms with van der Waals surface area (Å²) in [6, 6.07) is 10.7. The third-order valence-electron chi connectivity index (χ3n) is 2.88. The highest BCUT2D eigenvalue weighted by Gasteiger charge is 2.13. The Morgan fingerprint density at radius 1 is 1.14 bits per heavy atom. The lowest BCUT2D eigenvalue weighted by Gasteiger charge is -2.08. The van der Waals surface area contributed by atoms with E-state index >= 15 is 0 Å². The minimum Gasteiger partial charge on any atom is -0.505 e. The van der Waals surface area contributed by atoms with Crippen molar-refractivity contribution in [2.24, 2.45) is 0 Å². The second-order valence-electron chi connectivity index (χ2n) is 4.27. The summed E-state index contributed by atoms with van der Waals surface area (Å²) in [5, 5.41) is 12.4. The van der Waals surface area contributed by atoms with Gasteiger partial charge in [0.25, 0.3) is 5.91 Å². The molecular weight excluding hydrogens is 272 g/mol. The Bertz CT molecular complexity index is 681. The lowest BCUT2D eigenvalue weighted by Crippen LogP contribution is -2.12. The highest BCUT2D eigenvalue weighted by molar-refractivity contribution is 6.07. The van der Waals surface area contributed by atoms with Crippen LogP contribution in [0.5, 0.6) is 5.75 Å².